The van der Waals surface area contributed by atoms with E-state index in [4.69, 9.17) is 14.7 Å². The van der Waals surface area contributed by atoms with Gasteiger partial charge in [-0.1, -0.05) is 47.7 Å². The molecule has 4 heterocycles. The number of H-pyrrole nitrogens is 1. The second-order valence-electron chi connectivity index (χ2n) is 10.5. The van der Waals surface area contributed by atoms with Crippen LogP contribution in [-0.2, 0) is 17.7 Å². The van der Waals surface area contributed by atoms with E-state index >= 15 is 0 Å². The third-order valence-corrected chi connectivity index (χ3v) is 7.66. The smallest absolute Gasteiger partial charge is 0.251 e. The molecule has 1 saturated heterocycles. The number of nitrogens with zero attached hydrogens (tertiary/aromatic N) is 6. The molecule has 11 nitrogen and oxygen atoms in total. The first kappa shape index (κ1) is 26.6. The number of nitrogens with one attached hydrogen (secondary N) is 2. The predicted octanol–water partition coefficient (Wildman–Crippen LogP) is 3.93. The number of para-hydroxylation sites is 1. The summed E-state index contributed by atoms with van der Waals surface area (Å²) in [7, 11) is 0. The molecule has 3 N–H and O–H groups in total. The predicted molar refractivity (Wildman–Crippen MR) is 163 cm³/mol. The third kappa shape index (κ3) is 5.50. The number of hydrogen-bond acceptors (Lipinski definition) is 8. The first-order valence-electron chi connectivity index (χ1n) is 14.3. The molecule has 0 unspecified atom stereocenters. The van der Waals surface area contributed by atoms with Crippen molar-refractivity contribution in [1.82, 2.24) is 35.3 Å². The average molecular weight is 575 g/mol. The fraction of sp³-hybridized carbons (Fsp3) is 0.219. The summed E-state index contributed by atoms with van der Waals surface area (Å²) in [6, 6.07) is 22.5. The van der Waals surface area contributed by atoms with E-state index in [1.165, 1.54) is 10.9 Å². The number of fused-ring (bicyclic) bond motifs is 2. The lowest BCUT2D eigenvalue weighted by Crippen LogP contribution is -2.37. The van der Waals surface area contributed by atoms with Gasteiger partial charge >= 0.3 is 0 Å². The number of morpholine rings is 1. The molecule has 216 valence electrons. The molecule has 1 amide bonds. The first-order valence-corrected chi connectivity index (χ1v) is 14.3. The van der Waals surface area contributed by atoms with E-state index in [9.17, 15) is 9.90 Å². The molecule has 1 aliphatic rings. The highest BCUT2D eigenvalue weighted by Crippen LogP contribution is 2.28. The van der Waals surface area contributed by atoms with Crippen LogP contribution >= 0.6 is 0 Å². The summed E-state index contributed by atoms with van der Waals surface area (Å²) in [5.74, 6) is 1.20. The average Bonchev–Trinajstić information content (AvgIpc) is 3.65. The Hall–Kier alpha value is -5.29. The highest BCUT2D eigenvalue weighted by atomic mass is 16.5. The van der Waals surface area contributed by atoms with Crippen LogP contribution in [0.5, 0.6) is 5.75 Å². The van der Waals surface area contributed by atoms with Crippen LogP contribution in [0.1, 0.15) is 21.5 Å². The molecule has 43 heavy (non-hydrogen) atoms. The van der Waals surface area contributed by atoms with Crippen molar-refractivity contribution in [3.8, 4) is 17.1 Å². The van der Waals surface area contributed by atoms with Crippen LogP contribution in [0.4, 0.5) is 5.82 Å². The number of carbonyl (C=O) groups excluding carboxylic acids is 1. The normalized spacial score (nSPS) is 13.5. The second-order valence-corrected chi connectivity index (χ2v) is 10.5. The Morgan fingerprint density at radius 3 is 2.67 bits per heavy atom. The van der Waals surface area contributed by atoms with Crippen molar-refractivity contribution in [2.45, 2.75) is 13.0 Å². The van der Waals surface area contributed by atoms with Crippen molar-refractivity contribution >= 4 is 33.8 Å². The third-order valence-electron chi connectivity index (χ3n) is 7.66. The lowest BCUT2D eigenvalue weighted by atomic mass is 10.1. The topological polar surface area (TPSA) is 134 Å². The van der Waals surface area contributed by atoms with Crippen molar-refractivity contribution in [1.29, 1.82) is 0 Å². The number of phenols is 1. The summed E-state index contributed by atoms with van der Waals surface area (Å²) >= 11 is 0. The maximum atomic E-state index is 12.8. The number of benzene rings is 3. The summed E-state index contributed by atoms with van der Waals surface area (Å²) in [4.78, 5) is 27.9. The van der Waals surface area contributed by atoms with Gasteiger partial charge in [-0.15, -0.1) is 5.10 Å². The Labute approximate surface area is 247 Å². The van der Waals surface area contributed by atoms with Gasteiger partial charge in [-0.25, -0.2) is 14.6 Å². The number of phenolic OH excluding ortho intramolecular Hbond substituents is 1. The Balaban J connectivity index is 1.09. The van der Waals surface area contributed by atoms with Crippen molar-refractivity contribution in [3.63, 3.8) is 0 Å². The van der Waals surface area contributed by atoms with E-state index < -0.39 is 0 Å². The molecule has 0 aliphatic carbocycles. The minimum atomic E-state index is -0.115. The number of ether oxygens (including phenoxy) is 1. The minimum absolute atomic E-state index is 0.115. The van der Waals surface area contributed by atoms with E-state index in [1.54, 1.807) is 22.9 Å². The van der Waals surface area contributed by atoms with Gasteiger partial charge in [-0.3, -0.25) is 4.79 Å². The molecular formula is C32H30N8O3. The molecule has 0 saturated carbocycles. The van der Waals surface area contributed by atoms with Gasteiger partial charge in [0.2, 0.25) is 0 Å². The zero-order valence-corrected chi connectivity index (χ0v) is 23.4. The van der Waals surface area contributed by atoms with Gasteiger partial charge in [0, 0.05) is 47.9 Å². The molecule has 1 aliphatic heterocycles. The summed E-state index contributed by atoms with van der Waals surface area (Å²) in [6.07, 6.45) is 2.74. The number of amides is 1. The maximum Gasteiger partial charge on any atom is 0.251 e. The summed E-state index contributed by atoms with van der Waals surface area (Å²) in [6.45, 7) is 3.53. The number of aromatic nitrogens is 6. The molecule has 0 radical (unpaired) electrons. The van der Waals surface area contributed by atoms with E-state index in [1.807, 2.05) is 54.7 Å². The Morgan fingerprint density at radius 1 is 1.00 bits per heavy atom. The summed E-state index contributed by atoms with van der Waals surface area (Å²) in [5, 5.41) is 23.1. The fourth-order valence-electron chi connectivity index (χ4n) is 5.40. The van der Waals surface area contributed by atoms with Crippen molar-refractivity contribution in [2.75, 3.05) is 37.7 Å². The van der Waals surface area contributed by atoms with Gasteiger partial charge in [0.15, 0.2) is 22.8 Å². The number of rotatable bonds is 8. The van der Waals surface area contributed by atoms with Crippen LogP contribution in [0.15, 0.2) is 79.0 Å². The van der Waals surface area contributed by atoms with Gasteiger partial charge in [-0.05, 0) is 47.9 Å². The summed E-state index contributed by atoms with van der Waals surface area (Å²) < 4.78 is 7.28. The van der Waals surface area contributed by atoms with Gasteiger partial charge in [0.05, 0.1) is 19.8 Å². The minimum Gasteiger partial charge on any atom is -0.508 e. The van der Waals surface area contributed by atoms with Crippen LogP contribution in [-0.4, -0.2) is 73.8 Å². The first-order chi connectivity index (χ1) is 21.1. The number of anilines is 1. The lowest BCUT2D eigenvalue weighted by molar-refractivity contribution is 0.0954. The number of aromatic hydroxyl groups is 1. The molecule has 3 aromatic heterocycles. The number of hydrogen-bond donors (Lipinski definition) is 3. The molecule has 6 aromatic rings. The SMILES string of the molecule is O=C(NCCc1c[nH]c2ccccc12)c1ccc(Cn2nnc3c(N4CCOCC4)nc(-c4cccc(O)c4)nc32)cc1. The highest BCUT2D eigenvalue weighted by molar-refractivity contribution is 5.94. The van der Waals surface area contributed by atoms with Gasteiger partial charge in [0.25, 0.3) is 5.91 Å². The molecule has 0 spiro atoms. The highest BCUT2D eigenvalue weighted by Gasteiger charge is 2.22. The zero-order chi connectivity index (χ0) is 29.2. The number of aromatic amines is 1. The monoisotopic (exact) mass is 574 g/mol. The van der Waals surface area contributed by atoms with Crippen LogP contribution in [0, 0.1) is 0 Å². The molecular weight excluding hydrogens is 544 g/mol. The Kier molecular flexibility index (Phi) is 7.13. The quantitative estimate of drug-likeness (QED) is 0.249. The Morgan fingerprint density at radius 2 is 1.84 bits per heavy atom. The molecule has 0 bridgehead atoms. The van der Waals surface area contributed by atoms with E-state index in [-0.39, 0.29) is 11.7 Å². The van der Waals surface area contributed by atoms with E-state index in [0.717, 1.165) is 17.5 Å². The van der Waals surface area contributed by atoms with Gasteiger partial charge < -0.3 is 25.0 Å². The van der Waals surface area contributed by atoms with Crippen molar-refractivity contribution < 1.29 is 14.6 Å². The van der Waals surface area contributed by atoms with E-state index in [2.05, 4.69) is 31.6 Å². The zero-order valence-electron chi connectivity index (χ0n) is 23.4. The second kappa shape index (κ2) is 11.5. The lowest BCUT2D eigenvalue weighted by Gasteiger charge is -2.28. The molecule has 0 atom stereocenters. The van der Waals surface area contributed by atoms with Crippen LogP contribution in [0.2, 0.25) is 0 Å². The molecule has 1 fully saturated rings. The fourth-order valence-corrected chi connectivity index (χ4v) is 5.40. The van der Waals surface area contributed by atoms with Crippen LogP contribution in [0.25, 0.3) is 33.5 Å². The molecule has 11 heteroatoms. The molecule has 7 rings (SSSR count). The number of carbonyl (C=O) groups is 1. The Bertz CT molecular complexity index is 1910. The van der Waals surface area contributed by atoms with Gasteiger partial charge in [0.1, 0.15) is 5.75 Å². The summed E-state index contributed by atoms with van der Waals surface area (Å²) in [5.41, 5.74) is 5.72. The van der Waals surface area contributed by atoms with Crippen molar-refractivity contribution in [2.24, 2.45) is 0 Å². The van der Waals surface area contributed by atoms with Crippen molar-refractivity contribution in [3.05, 3.63) is 95.7 Å². The molecule has 3 aromatic carbocycles. The standard InChI is InChI=1S/C32H30N8O3/c41-25-5-3-4-23(18-25)29-35-30(39-14-16-43-17-15-39)28-31(36-29)40(38-37-28)20-21-8-10-22(11-9-21)32(42)33-13-12-24-19-34-27-7-2-1-6-26(24)27/h1-11,18-19,34,41H,12-17,20H2,(H,33,42). The largest absolute Gasteiger partial charge is 0.508 e. The van der Waals surface area contributed by atoms with Gasteiger partial charge in [-0.2, -0.15) is 0 Å². The van der Waals surface area contributed by atoms with E-state index in [0.29, 0.717) is 73.3 Å². The maximum absolute atomic E-state index is 12.8. The van der Waals surface area contributed by atoms with Crippen LogP contribution in [0.3, 0.4) is 0 Å². The van der Waals surface area contributed by atoms with Crippen LogP contribution < -0.4 is 10.2 Å².